The number of rotatable bonds is 3. The summed E-state index contributed by atoms with van der Waals surface area (Å²) in [5, 5.41) is 4.14. The van der Waals surface area contributed by atoms with Crippen molar-refractivity contribution in [3.63, 3.8) is 0 Å². The number of aromatic nitrogens is 4. The first-order valence-corrected chi connectivity index (χ1v) is 11.5. The summed E-state index contributed by atoms with van der Waals surface area (Å²) < 4.78 is 14.1. The summed E-state index contributed by atoms with van der Waals surface area (Å²) >= 11 is 0. The maximum absolute atomic E-state index is 12.1. The average molecular weight is 456 g/mol. The van der Waals surface area contributed by atoms with Crippen LogP contribution in [0.3, 0.4) is 0 Å². The molecule has 1 amide bonds. The van der Waals surface area contributed by atoms with Crippen molar-refractivity contribution >= 4 is 22.5 Å². The molecule has 3 aromatic heterocycles. The number of benzene rings is 1. The van der Waals surface area contributed by atoms with Gasteiger partial charge in [0.2, 0.25) is 5.91 Å². The van der Waals surface area contributed by atoms with Crippen LogP contribution in [0, 0.1) is 13.8 Å². The van der Waals surface area contributed by atoms with Gasteiger partial charge in [-0.2, -0.15) is 0 Å². The summed E-state index contributed by atoms with van der Waals surface area (Å²) in [4.78, 5) is 23.7. The Balaban J connectivity index is 1.61. The minimum Gasteiger partial charge on any atom is -0.488 e. The molecular weight excluding hydrogens is 430 g/mol. The maximum atomic E-state index is 12.1. The molecule has 0 fully saturated rings. The van der Waals surface area contributed by atoms with Crippen LogP contribution < -0.4 is 4.74 Å². The summed E-state index contributed by atoms with van der Waals surface area (Å²) in [6.45, 7) is 7.17. The highest BCUT2D eigenvalue weighted by molar-refractivity contribution is 5.94. The van der Waals surface area contributed by atoms with Crippen molar-refractivity contribution in [3.05, 3.63) is 65.6 Å². The highest BCUT2D eigenvalue weighted by Crippen LogP contribution is 2.45. The second-order valence-electron chi connectivity index (χ2n) is 8.85. The molecule has 8 nitrogen and oxygen atoms in total. The van der Waals surface area contributed by atoms with Crippen LogP contribution in [-0.4, -0.2) is 50.2 Å². The molecule has 0 N–H and O–H groups in total. The molecule has 2 aliphatic heterocycles. The number of ether oxygens (including phenoxy) is 1. The van der Waals surface area contributed by atoms with Gasteiger partial charge < -0.3 is 18.7 Å². The molecule has 0 saturated carbocycles. The van der Waals surface area contributed by atoms with Gasteiger partial charge in [0.15, 0.2) is 5.75 Å². The van der Waals surface area contributed by atoms with Crippen LogP contribution in [0.25, 0.3) is 27.7 Å². The molecule has 6 rings (SSSR count). The summed E-state index contributed by atoms with van der Waals surface area (Å²) in [7, 11) is 0. The zero-order chi connectivity index (χ0) is 23.4. The van der Waals surface area contributed by atoms with E-state index in [9.17, 15) is 4.79 Å². The predicted octanol–water partition coefficient (Wildman–Crippen LogP) is 4.32. The highest BCUT2D eigenvalue weighted by Gasteiger charge is 2.33. The van der Waals surface area contributed by atoms with Crippen LogP contribution in [0.2, 0.25) is 0 Å². The van der Waals surface area contributed by atoms with E-state index >= 15 is 0 Å². The van der Waals surface area contributed by atoms with Gasteiger partial charge in [0.05, 0.1) is 22.5 Å². The third-order valence-corrected chi connectivity index (χ3v) is 6.72. The lowest BCUT2D eigenvalue weighted by Crippen LogP contribution is -2.34. The summed E-state index contributed by atoms with van der Waals surface area (Å²) in [6.07, 6.45) is 4.81. The predicted molar refractivity (Wildman–Crippen MR) is 127 cm³/mol. The molecule has 172 valence electrons. The highest BCUT2D eigenvalue weighted by atomic mass is 16.5. The van der Waals surface area contributed by atoms with E-state index in [1.54, 1.807) is 13.1 Å². The van der Waals surface area contributed by atoms with Gasteiger partial charge in [-0.3, -0.25) is 9.78 Å². The first-order chi connectivity index (χ1) is 16.5. The van der Waals surface area contributed by atoms with Crippen LogP contribution in [0.1, 0.15) is 42.4 Å². The number of imidazole rings is 1. The molecule has 4 aromatic rings. The lowest BCUT2D eigenvalue weighted by atomic mass is 10.0. The van der Waals surface area contributed by atoms with Crippen molar-refractivity contribution in [3.8, 4) is 16.9 Å². The van der Waals surface area contributed by atoms with E-state index in [2.05, 4.69) is 20.8 Å². The smallest absolute Gasteiger partial charge is 0.219 e. The van der Waals surface area contributed by atoms with Crippen molar-refractivity contribution < 1.29 is 14.1 Å². The number of pyridine rings is 1. The zero-order valence-electron chi connectivity index (χ0n) is 19.4. The molecule has 1 aromatic carbocycles. The van der Waals surface area contributed by atoms with Crippen LogP contribution in [-0.2, 0) is 4.79 Å². The molecule has 2 aliphatic rings. The topological polar surface area (TPSA) is 86.3 Å². The third-order valence-electron chi connectivity index (χ3n) is 6.72. The number of hydrogen-bond donors (Lipinski definition) is 0. The number of carbonyl (C=O) groups is 1. The van der Waals surface area contributed by atoms with Gasteiger partial charge in [-0.15, -0.1) is 0 Å². The molecule has 0 radical (unpaired) electrons. The van der Waals surface area contributed by atoms with E-state index in [4.69, 9.17) is 14.2 Å². The fourth-order valence-corrected chi connectivity index (χ4v) is 5.10. The van der Waals surface area contributed by atoms with E-state index in [1.165, 1.54) is 0 Å². The Bertz CT molecular complexity index is 1430. The number of aryl methyl sites for hydroxylation is 2. The van der Waals surface area contributed by atoms with Crippen LogP contribution in [0.5, 0.6) is 5.75 Å². The van der Waals surface area contributed by atoms with E-state index in [1.807, 2.05) is 49.1 Å². The molecular formula is C26H25N5O3. The summed E-state index contributed by atoms with van der Waals surface area (Å²) in [5.41, 5.74) is 6.45. The minimum absolute atomic E-state index is 0.0753. The Morgan fingerprint density at radius 1 is 1.18 bits per heavy atom. The van der Waals surface area contributed by atoms with E-state index in [0.29, 0.717) is 13.2 Å². The third kappa shape index (κ3) is 3.13. The largest absolute Gasteiger partial charge is 0.488 e. The molecule has 0 bridgehead atoms. The lowest BCUT2D eigenvalue weighted by Gasteiger charge is -2.30. The molecule has 0 unspecified atom stereocenters. The Morgan fingerprint density at radius 2 is 2.06 bits per heavy atom. The number of hydrogen-bond acceptors (Lipinski definition) is 6. The van der Waals surface area contributed by atoms with Gasteiger partial charge >= 0.3 is 0 Å². The van der Waals surface area contributed by atoms with E-state index in [-0.39, 0.29) is 11.9 Å². The Morgan fingerprint density at radius 3 is 2.79 bits per heavy atom. The van der Waals surface area contributed by atoms with Gasteiger partial charge in [0.25, 0.3) is 0 Å². The molecule has 34 heavy (non-hydrogen) atoms. The fraction of sp³-hybridized carbons (Fsp3) is 0.308. The average Bonchev–Trinajstić information content (AvgIpc) is 3.41. The summed E-state index contributed by atoms with van der Waals surface area (Å²) in [5.74, 6) is 2.46. The van der Waals surface area contributed by atoms with Crippen molar-refractivity contribution in [2.75, 3.05) is 19.7 Å². The minimum atomic E-state index is -0.137. The van der Waals surface area contributed by atoms with Crippen LogP contribution >= 0.6 is 0 Å². The van der Waals surface area contributed by atoms with Crippen LogP contribution in [0.15, 0.2) is 47.1 Å². The summed E-state index contributed by atoms with van der Waals surface area (Å²) in [6, 6.07) is 9.84. The molecule has 8 heteroatoms. The second kappa shape index (κ2) is 7.83. The van der Waals surface area contributed by atoms with Gasteiger partial charge in [0.1, 0.15) is 29.8 Å². The zero-order valence-corrected chi connectivity index (χ0v) is 19.4. The van der Waals surface area contributed by atoms with Gasteiger partial charge in [-0.1, -0.05) is 17.3 Å². The number of nitrogens with zero attached hydrogens (tertiary/aromatic N) is 5. The quantitative estimate of drug-likeness (QED) is 0.457. The molecule has 0 spiro atoms. The van der Waals surface area contributed by atoms with Crippen molar-refractivity contribution in [2.45, 2.75) is 33.2 Å². The Kier molecular flexibility index (Phi) is 4.76. The Hall–Kier alpha value is -3.94. The van der Waals surface area contributed by atoms with Crippen molar-refractivity contribution in [1.29, 1.82) is 0 Å². The fourth-order valence-electron chi connectivity index (χ4n) is 5.10. The molecule has 0 saturated heterocycles. The van der Waals surface area contributed by atoms with Crippen molar-refractivity contribution in [2.24, 2.45) is 0 Å². The van der Waals surface area contributed by atoms with E-state index < -0.39 is 0 Å². The first kappa shape index (κ1) is 20.7. The second-order valence-corrected chi connectivity index (χ2v) is 8.85. The number of amides is 1. The normalized spacial score (nSPS) is 17.6. The lowest BCUT2D eigenvalue weighted by molar-refractivity contribution is -0.128. The van der Waals surface area contributed by atoms with Gasteiger partial charge in [0, 0.05) is 37.3 Å². The number of carbonyl (C=O) groups excluding carboxylic acids is 1. The van der Waals surface area contributed by atoms with Crippen LogP contribution in [0.4, 0.5) is 0 Å². The maximum Gasteiger partial charge on any atom is 0.219 e. The molecule has 1 atom stereocenters. The SMILES string of the molecule is CC(=O)N1CCC=C(c2nc3ccc(-c4c(C)noc4C)c4c3n2[C@@H](c2ccccn2)CO4)C1. The first-order valence-electron chi connectivity index (χ1n) is 11.5. The molecule has 5 heterocycles. The van der Waals surface area contributed by atoms with Crippen molar-refractivity contribution in [1.82, 2.24) is 24.6 Å². The van der Waals surface area contributed by atoms with Gasteiger partial charge in [-0.25, -0.2) is 4.98 Å². The van der Waals surface area contributed by atoms with Gasteiger partial charge in [-0.05, 0) is 44.5 Å². The Labute approximate surface area is 196 Å². The standard InChI is InChI=1S/C26H25N5O3/c1-15-23(16(2)34-29-15)19-9-10-21-24-25(19)33-14-22(20-8-4-5-11-27-20)31(24)26(28-21)18-7-6-12-30(13-18)17(3)32/h4-5,7-11,22H,6,12-14H2,1-3H3/t22-/m1/s1. The monoisotopic (exact) mass is 455 g/mol. The molecule has 0 aliphatic carbocycles. The van der Waals surface area contributed by atoms with E-state index in [0.717, 1.165) is 69.4 Å².